The van der Waals surface area contributed by atoms with E-state index >= 15 is 0 Å². The number of carbonyl (C=O) groups excluding carboxylic acids is 3. The number of imidazole rings is 1. The Morgan fingerprint density at radius 1 is 1.18 bits per heavy atom. The first kappa shape index (κ1) is 22.5. The number of anilines is 2. The lowest BCUT2D eigenvalue weighted by Gasteiger charge is -2.14. The van der Waals surface area contributed by atoms with Crippen molar-refractivity contribution >= 4 is 40.1 Å². The summed E-state index contributed by atoms with van der Waals surface area (Å²) in [6.07, 6.45) is 3.12. The van der Waals surface area contributed by atoms with Crippen molar-refractivity contribution in [2.75, 3.05) is 31.3 Å². The Morgan fingerprint density at radius 2 is 2.00 bits per heavy atom. The first-order valence-electron chi connectivity index (χ1n) is 11.0. The maximum Gasteiger partial charge on any atom is 0.254 e. The number of hydrogen-bond acceptors (Lipinski definition) is 5. The van der Waals surface area contributed by atoms with Gasteiger partial charge in [0.15, 0.2) is 0 Å². The van der Waals surface area contributed by atoms with Crippen LogP contribution in [0.3, 0.4) is 0 Å². The molecule has 1 aliphatic rings. The van der Waals surface area contributed by atoms with Crippen molar-refractivity contribution in [2.45, 2.75) is 31.8 Å². The molecule has 0 fully saturated rings. The third-order valence-corrected chi connectivity index (χ3v) is 5.62. The van der Waals surface area contributed by atoms with Crippen molar-refractivity contribution in [3.63, 3.8) is 0 Å². The molecule has 0 aliphatic carbocycles. The maximum atomic E-state index is 12.5. The molecule has 172 valence electrons. The second-order valence-corrected chi connectivity index (χ2v) is 8.45. The number of hydrogen-bond donors (Lipinski definition) is 3. The number of fused-ring (bicyclic) bond motifs is 2. The van der Waals surface area contributed by atoms with Gasteiger partial charge >= 0.3 is 0 Å². The molecule has 0 radical (unpaired) electrons. The van der Waals surface area contributed by atoms with Gasteiger partial charge in [-0.1, -0.05) is 12.1 Å². The van der Waals surface area contributed by atoms with Gasteiger partial charge in [-0.3, -0.25) is 14.4 Å². The maximum absolute atomic E-state index is 12.5. The van der Waals surface area contributed by atoms with Gasteiger partial charge in [0.2, 0.25) is 11.8 Å². The van der Waals surface area contributed by atoms with Crippen molar-refractivity contribution in [3.8, 4) is 0 Å². The normalized spacial score (nSPS) is 15.7. The second kappa shape index (κ2) is 9.83. The van der Waals surface area contributed by atoms with E-state index < -0.39 is 6.04 Å². The first-order valence-corrected chi connectivity index (χ1v) is 11.0. The molecule has 4 rings (SSSR count). The molecule has 2 heterocycles. The number of para-hydroxylation sites is 1. The minimum atomic E-state index is -0.781. The smallest absolute Gasteiger partial charge is 0.254 e. The summed E-state index contributed by atoms with van der Waals surface area (Å²) < 4.78 is 2.11. The Morgan fingerprint density at radius 3 is 2.82 bits per heavy atom. The first-order chi connectivity index (χ1) is 15.9. The van der Waals surface area contributed by atoms with Crippen molar-refractivity contribution in [2.24, 2.45) is 0 Å². The molecule has 0 unspecified atom stereocenters. The van der Waals surface area contributed by atoms with Gasteiger partial charge in [-0.2, -0.15) is 0 Å². The van der Waals surface area contributed by atoms with E-state index in [1.54, 1.807) is 24.3 Å². The second-order valence-electron chi connectivity index (χ2n) is 8.45. The van der Waals surface area contributed by atoms with Crippen molar-refractivity contribution in [1.29, 1.82) is 0 Å². The van der Waals surface area contributed by atoms with Gasteiger partial charge in [-0.15, -0.1) is 0 Å². The number of nitrogens with zero attached hydrogens (tertiary/aromatic N) is 3. The SMILES string of the molecule is CN(C)CCCn1cnc2cc(NC(=O)CC[C@@H]3NC(=O)c4ccccc4NC3=O)ccc21. The van der Waals surface area contributed by atoms with Crippen LogP contribution in [0, 0.1) is 0 Å². The number of aromatic nitrogens is 2. The fraction of sp³-hybridized carbons (Fsp3) is 0.333. The van der Waals surface area contributed by atoms with Crippen LogP contribution in [0.25, 0.3) is 11.0 Å². The predicted octanol–water partition coefficient (Wildman–Crippen LogP) is 2.46. The van der Waals surface area contributed by atoms with Crippen LogP contribution in [-0.4, -0.2) is 58.9 Å². The lowest BCUT2D eigenvalue weighted by atomic mass is 10.1. The predicted molar refractivity (Wildman–Crippen MR) is 127 cm³/mol. The number of benzene rings is 2. The van der Waals surface area contributed by atoms with E-state index in [0.29, 0.717) is 16.9 Å². The molecule has 3 N–H and O–H groups in total. The summed E-state index contributed by atoms with van der Waals surface area (Å²) in [5, 5.41) is 8.32. The quantitative estimate of drug-likeness (QED) is 0.491. The number of carbonyl (C=O) groups is 3. The fourth-order valence-corrected chi connectivity index (χ4v) is 3.89. The van der Waals surface area contributed by atoms with Crippen LogP contribution < -0.4 is 16.0 Å². The summed E-state index contributed by atoms with van der Waals surface area (Å²) in [5.41, 5.74) is 3.36. The molecule has 3 amide bonds. The third-order valence-electron chi connectivity index (χ3n) is 5.62. The molecule has 1 aromatic heterocycles. The van der Waals surface area contributed by atoms with Crippen LogP contribution in [0.15, 0.2) is 48.8 Å². The molecule has 1 atom stereocenters. The standard InChI is InChI=1S/C24H28N6O3/c1-29(2)12-5-13-30-15-25-20-14-16(8-10-21(20)30)26-22(31)11-9-19-24(33)27-18-7-4-3-6-17(18)23(32)28-19/h3-4,6-8,10,14-15,19H,5,9,11-13H2,1-2H3,(H,26,31)(H,27,33)(H,28,32)/t19-/m0/s1. The topological polar surface area (TPSA) is 108 Å². The molecule has 3 aromatic rings. The highest BCUT2D eigenvalue weighted by Gasteiger charge is 2.27. The monoisotopic (exact) mass is 448 g/mol. The highest BCUT2D eigenvalue weighted by molar-refractivity contribution is 6.10. The van der Waals surface area contributed by atoms with E-state index in [4.69, 9.17) is 0 Å². The summed E-state index contributed by atoms with van der Waals surface area (Å²) in [6.45, 7) is 1.87. The molecular formula is C24H28N6O3. The summed E-state index contributed by atoms with van der Waals surface area (Å²) in [7, 11) is 4.10. The van der Waals surface area contributed by atoms with E-state index in [1.165, 1.54) is 0 Å². The van der Waals surface area contributed by atoms with Gasteiger partial charge in [-0.05, 0) is 63.8 Å². The minimum Gasteiger partial charge on any atom is -0.340 e. The van der Waals surface area contributed by atoms with Crippen LogP contribution >= 0.6 is 0 Å². The van der Waals surface area contributed by atoms with Gasteiger partial charge in [-0.25, -0.2) is 4.98 Å². The zero-order valence-electron chi connectivity index (χ0n) is 18.8. The highest BCUT2D eigenvalue weighted by Crippen LogP contribution is 2.21. The molecule has 9 nitrogen and oxygen atoms in total. The van der Waals surface area contributed by atoms with Gasteiger partial charge in [0.25, 0.3) is 5.91 Å². The Kier molecular flexibility index (Phi) is 6.69. The fourth-order valence-electron chi connectivity index (χ4n) is 3.89. The largest absolute Gasteiger partial charge is 0.340 e. The van der Waals surface area contributed by atoms with Crippen LogP contribution in [0.4, 0.5) is 11.4 Å². The highest BCUT2D eigenvalue weighted by atomic mass is 16.2. The van der Waals surface area contributed by atoms with Crippen molar-refractivity contribution < 1.29 is 14.4 Å². The molecule has 0 saturated carbocycles. The zero-order valence-corrected chi connectivity index (χ0v) is 18.8. The van der Waals surface area contributed by atoms with Crippen molar-refractivity contribution in [1.82, 2.24) is 19.8 Å². The van der Waals surface area contributed by atoms with Gasteiger partial charge in [0, 0.05) is 18.7 Å². The van der Waals surface area contributed by atoms with Crippen LogP contribution in [0.5, 0.6) is 0 Å². The molecule has 0 saturated heterocycles. The lowest BCUT2D eigenvalue weighted by Crippen LogP contribution is -2.41. The van der Waals surface area contributed by atoms with E-state index in [1.807, 2.05) is 24.5 Å². The average Bonchev–Trinajstić information content (AvgIpc) is 3.13. The van der Waals surface area contributed by atoms with E-state index in [0.717, 1.165) is 30.5 Å². The average molecular weight is 449 g/mol. The van der Waals surface area contributed by atoms with E-state index in [2.05, 4.69) is 44.5 Å². The number of rotatable bonds is 8. The van der Waals surface area contributed by atoms with Crippen LogP contribution in [-0.2, 0) is 16.1 Å². The molecule has 0 bridgehead atoms. The number of nitrogens with one attached hydrogen (secondary N) is 3. The molecule has 1 aliphatic heterocycles. The Bertz CT molecular complexity index is 1190. The van der Waals surface area contributed by atoms with Crippen LogP contribution in [0.1, 0.15) is 29.6 Å². The zero-order chi connectivity index (χ0) is 23.4. The van der Waals surface area contributed by atoms with Gasteiger partial charge < -0.3 is 25.4 Å². The van der Waals surface area contributed by atoms with Crippen LogP contribution in [0.2, 0.25) is 0 Å². The summed E-state index contributed by atoms with van der Waals surface area (Å²) in [4.78, 5) is 44.0. The Hall–Kier alpha value is -3.72. The molecule has 33 heavy (non-hydrogen) atoms. The van der Waals surface area contributed by atoms with E-state index in [-0.39, 0.29) is 30.6 Å². The number of aryl methyl sites for hydroxylation is 1. The molecule has 2 aromatic carbocycles. The van der Waals surface area contributed by atoms with Gasteiger partial charge in [0.1, 0.15) is 6.04 Å². The Balaban J connectivity index is 1.33. The number of amides is 3. The third kappa shape index (κ3) is 5.38. The molecular weight excluding hydrogens is 420 g/mol. The summed E-state index contributed by atoms with van der Waals surface area (Å²) >= 11 is 0. The Labute approximate surface area is 192 Å². The lowest BCUT2D eigenvalue weighted by molar-refractivity contribution is -0.118. The summed E-state index contributed by atoms with van der Waals surface area (Å²) in [6, 6.07) is 11.7. The van der Waals surface area contributed by atoms with Gasteiger partial charge in [0.05, 0.1) is 28.6 Å². The van der Waals surface area contributed by atoms with Crippen molar-refractivity contribution in [3.05, 3.63) is 54.4 Å². The molecule has 0 spiro atoms. The molecule has 9 heteroatoms. The minimum absolute atomic E-state index is 0.0890. The van der Waals surface area contributed by atoms with E-state index in [9.17, 15) is 14.4 Å². The summed E-state index contributed by atoms with van der Waals surface area (Å²) in [5.74, 6) is -0.896.